The second-order valence-corrected chi connectivity index (χ2v) is 14.5. The minimum Gasteiger partial charge on any atom is -0.334 e. The van der Waals surface area contributed by atoms with Gasteiger partial charge >= 0.3 is 25.8 Å². The Morgan fingerprint density at radius 2 is 0.575 bits per heavy atom. The summed E-state index contributed by atoms with van der Waals surface area (Å²) >= 11 is 0. The van der Waals surface area contributed by atoms with Crippen LogP contribution < -0.4 is 0 Å². The van der Waals surface area contributed by atoms with E-state index in [0.29, 0.717) is 37.0 Å². The summed E-state index contributed by atoms with van der Waals surface area (Å²) in [4.78, 5) is 67.8. The maximum absolute atomic E-state index is 11.4. The molecule has 0 radical (unpaired) electrons. The van der Waals surface area contributed by atoms with E-state index in [-0.39, 0.29) is 60.5 Å². The molecule has 0 rings (SSSR count). The number of hydrogen-bond donors (Lipinski definition) is 0. The maximum atomic E-state index is 11.4. The predicted molar refractivity (Wildman–Crippen MR) is 160 cm³/mol. The summed E-state index contributed by atoms with van der Waals surface area (Å²) in [7, 11) is 0. The van der Waals surface area contributed by atoms with Gasteiger partial charge in [0.05, 0.1) is 0 Å². The molecule has 40 heavy (non-hydrogen) atoms. The van der Waals surface area contributed by atoms with Gasteiger partial charge in [0.15, 0.2) is 0 Å². The van der Waals surface area contributed by atoms with Crippen molar-refractivity contribution in [1.82, 2.24) is 0 Å². The Labute approximate surface area is 264 Å². The van der Waals surface area contributed by atoms with Crippen LogP contribution in [0.1, 0.15) is 123 Å². The Balaban J connectivity index is -0.000000240. The molecule has 0 saturated heterocycles. The van der Waals surface area contributed by atoms with Crippen LogP contribution in [0.3, 0.4) is 0 Å². The van der Waals surface area contributed by atoms with Crippen molar-refractivity contribution in [3.63, 3.8) is 0 Å². The monoisotopic (exact) mass is 594 g/mol. The van der Waals surface area contributed by atoms with Crippen molar-refractivity contribution in [2.45, 2.75) is 123 Å². The van der Waals surface area contributed by atoms with Crippen molar-refractivity contribution in [2.75, 3.05) is 0 Å². The first-order chi connectivity index (χ1) is 17.2. The summed E-state index contributed by atoms with van der Waals surface area (Å²) in [6.07, 6.45) is 5.09. The fraction of sp³-hybridized carbons (Fsp3) is 0.727. The zero-order chi connectivity index (χ0) is 31.9. The van der Waals surface area contributed by atoms with Crippen LogP contribution in [0.4, 0.5) is 0 Å². The first-order valence-electron chi connectivity index (χ1n) is 14.0. The molecule has 0 saturated carbocycles. The smallest absolute Gasteiger partial charge is 0.334 e. The van der Waals surface area contributed by atoms with Crippen LogP contribution in [0.15, 0.2) is 0 Å². The first-order valence-corrected chi connectivity index (χ1v) is 14.0. The number of carbonyl (C=O) groups excluding carboxylic acids is 6. The maximum Gasteiger partial charge on any atom is 3.00 e. The summed E-state index contributed by atoms with van der Waals surface area (Å²) in [5, 5.41) is 0. The summed E-state index contributed by atoms with van der Waals surface area (Å²) in [6, 6.07) is 0. The quantitative estimate of drug-likeness (QED) is 0.174. The zero-order valence-electron chi connectivity index (χ0n) is 28.1. The van der Waals surface area contributed by atoms with Crippen LogP contribution in [-0.2, 0) is 54.6 Å². The Morgan fingerprint density at radius 3 is 0.675 bits per heavy atom. The van der Waals surface area contributed by atoms with E-state index in [1.807, 2.05) is 104 Å². The zero-order valence-corrected chi connectivity index (χ0v) is 29.9. The molecule has 0 fully saturated rings. The molecular weight excluding hydrogens is 537 g/mol. The minimum atomic E-state index is -0.438. The number of carbonyl (C=O) groups is 6. The molecule has 0 aromatic rings. The van der Waals surface area contributed by atoms with Gasteiger partial charge in [-0.3, -0.25) is 19.3 Å². The molecule has 0 atom stereocenters. The Kier molecular flexibility index (Phi) is 23.2. The average molecular weight is 595 g/mol. The molecule has 0 aliphatic carbocycles. The van der Waals surface area contributed by atoms with Crippen molar-refractivity contribution < 1.29 is 54.6 Å². The van der Waals surface area contributed by atoms with Gasteiger partial charge in [0.25, 0.3) is 0 Å². The van der Waals surface area contributed by atoms with Gasteiger partial charge in [-0.15, -0.1) is 0 Å². The van der Waals surface area contributed by atoms with Gasteiger partial charge in [-0.25, -0.2) is 0 Å². The third-order valence-corrected chi connectivity index (χ3v) is 4.92. The van der Waals surface area contributed by atoms with Gasteiger partial charge in [-0.1, -0.05) is 104 Å². The fourth-order valence-electron chi connectivity index (χ4n) is 2.47. The number of rotatable bonds is 12. The number of Topliss-reactive ketones (excluding diaryl/α,β-unsaturated/α-hetero) is 6. The van der Waals surface area contributed by atoms with E-state index in [0.717, 1.165) is 0 Å². The van der Waals surface area contributed by atoms with Crippen molar-refractivity contribution in [3.05, 3.63) is 19.3 Å². The van der Waals surface area contributed by atoms with Crippen LogP contribution in [0.25, 0.3) is 0 Å². The molecule has 0 aromatic carbocycles. The molecule has 0 bridgehead atoms. The van der Waals surface area contributed by atoms with Gasteiger partial charge in [-0.05, 0) is 53.3 Å². The second-order valence-electron chi connectivity index (χ2n) is 14.5. The first kappa shape index (κ1) is 45.5. The Bertz CT molecular complexity index is 706. The topological polar surface area (TPSA) is 102 Å². The molecule has 228 valence electrons. The summed E-state index contributed by atoms with van der Waals surface area (Å²) in [5.74, 6) is 0.513. The molecule has 0 aliphatic rings. The van der Waals surface area contributed by atoms with Crippen LogP contribution in [0, 0.1) is 53.3 Å². The molecule has 0 aromatic heterocycles. The fourth-order valence-corrected chi connectivity index (χ4v) is 2.47. The van der Waals surface area contributed by atoms with E-state index in [2.05, 4.69) is 0 Å². The Hall–Kier alpha value is -1.50. The van der Waals surface area contributed by atoms with Crippen molar-refractivity contribution in [3.8, 4) is 0 Å². The van der Waals surface area contributed by atoms with Crippen LogP contribution in [0.5, 0.6) is 0 Å². The van der Waals surface area contributed by atoms with Crippen LogP contribution >= 0.6 is 0 Å². The molecule has 0 spiro atoms. The Morgan fingerprint density at radius 1 is 0.425 bits per heavy atom. The SMILES string of the molecule is CC(C)CC(=O)[CH-]C(=O)C(C)(C)C.CC(C)CC(=O)[CH-]C(=O)C(C)(C)C.CC(C)CC(=O)[CH-]C(=O)C(C)(C)C.[Sc+3]. The predicted octanol–water partition coefficient (Wildman–Crippen LogP) is 7.26. The molecular formula is C33H57O6Sc. The summed E-state index contributed by atoms with van der Waals surface area (Å²) in [6.45, 7) is 28.1. The molecule has 6 nitrogen and oxygen atoms in total. The minimum absolute atomic E-state index is 0. The van der Waals surface area contributed by atoms with Crippen molar-refractivity contribution in [2.24, 2.45) is 34.0 Å². The molecule has 0 unspecified atom stereocenters. The van der Waals surface area contributed by atoms with Crippen LogP contribution in [0.2, 0.25) is 0 Å². The number of hydrogen-bond acceptors (Lipinski definition) is 6. The van der Waals surface area contributed by atoms with Crippen LogP contribution in [-0.4, -0.2) is 34.7 Å². The largest absolute Gasteiger partial charge is 3.00 e. The average Bonchev–Trinajstić information content (AvgIpc) is 2.64. The second kappa shape index (κ2) is 20.4. The molecule has 0 N–H and O–H groups in total. The van der Waals surface area contributed by atoms with Gasteiger partial charge < -0.3 is 28.8 Å². The van der Waals surface area contributed by atoms with Gasteiger partial charge in [0.1, 0.15) is 0 Å². The van der Waals surface area contributed by atoms with E-state index >= 15 is 0 Å². The van der Waals surface area contributed by atoms with E-state index in [1.165, 1.54) is 19.3 Å². The van der Waals surface area contributed by atoms with E-state index in [1.54, 1.807) is 0 Å². The summed E-state index contributed by atoms with van der Waals surface area (Å²) in [5.41, 5.74) is -1.31. The van der Waals surface area contributed by atoms with E-state index in [4.69, 9.17) is 0 Å². The third kappa shape index (κ3) is 28.0. The molecule has 7 heteroatoms. The summed E-state index contributed by atoms with van der Waals surface area (Å²) < 4.78 is 0. The number of ketones is 6. The van der Waals surface area contributed by atoms with Gasteiger partial charge in [0, 0.05) is 34.7 Å². The van der Waals surface area contributed by atoms with E-state index in [9.17, 15) is 28.8 Å². The van der Waals surface area contributed by atoms with Gasteiger partial charge in [0.2, 0.25) is 0 Å². The normalized spacial score (nSPS) is 11.2. The van der Waals surface area contributed by atoms with Crippen molar-refractivity contribution in [1.29, 1.82) is 0 Å². The standard InChI is InChI=1S/3C11H19O2.Sc/c3*1-8(2)6-9(12)7-10(13)11(3,4)5;/h3*7-8H,6H2,1-5H3;/q3*-1;+3. The molecule has 0 amide bonds. The molecule has 0 heterocycles. The third-order valence-electron chi connectivity index (χ3n) is 4.92. The van der Waals surface area contributed by atoms with E-state index < -0.39 is 16.2 Å². The van der Waals surface area contributed by atoms with Gasteiger partial charge in [-0.2, -0.15) is 0 Å². The van der Waals surface area contributed by atoms with Crippen molar-refractivity contribution >= 4 is 34.7 Å². The molecule has 0 aliphatic heterocycles.